The Morgan fingerprint density at radius 3 is 2.53 bits per heavy atom. The monoisotopic (exact) mass is 489 g/mol. The Kier molecular flexibility index (Phi) is 6.24. The van der Waals surface area contributed by atoms with Gasteiger partial charge >= 0.3 is 5.69 Å². The standard InChI is InChI=1S/C27H31N5O4/c1-15(2)14-32-23-22(25(34)30-27(32)36)19(13-21(28-23)17-9-10-17)24(33)29-20-8-6-7-18(16(20)3)26(35)31-11-4-5-12-31/h6-8,13,15,17H,4-5,9-12,14H2,1-3H3,(H,29,33)(H,30,34,36). The second-order valence-electron chi connectivity index (χ2n) is 10.3. The molecule has 0 radical (unpaired) electrons. The molecule has 0 atom stereocenters. The number of nitrogens with zero attached hydrogens (tertiary/aromatic N) is 3. The predicted octanol–water partition coefficient (Wildman–Crippen LogP) is 3.41. The van der Waals surface area contributed by atoms with Crippen molar-refractivity contribution in [3.63, 3.8) is 0 Å². The third-order valence-electron chi connectivity index (χ3n) is 6.96. The van der Waals surface area contributed by atoms with Crippen LogP contribution in [0.3, 0.4) is 0 Å². The summed E-state index contributed by atoms with van der Waals surface area (Å²) >= 11 is 0. The molecule has 188 valence electrons. The van der Waals surface area contributed by atoms with Crippen LogP contribution < -0.4 is 16.6 Å². The van der Waals surface area contributed by atoms with Gasteiger partial charge in [-0.1, -0.05) is 19.9 Å². The minimum absolute atomic E-state index is 0.0411. The van der Waals surface area contributed by atoms with Crippen molar-refractivity contribution < 1.29 is 9.59 Å². The summed E-state index contributed by atoms with van der Waals surface area (Å²) in [4.78, 5) is 61.1. The Hall–Kier alpha value is -3.75. The molecule has 2 fully saturated rings. The number of pyridine rings is 1. The van der Waals surface area contributed by atoms with Gasteiger partial charge in [0, 0.05) is 42.5 Å². The number of nitrogens with one attached hydrogen (secondary N) is 2. The van der Waals surface area contributed by atoms with Crippen molar-refractivity contribution in [2.24, 2.45) is 5.92 Å². The molecule has 1 aromatic carbocycles. The topological polar surface area (TPSA) is 117 Å². The van der Waals surface area contributed by atoms with E-state index in [9.17, 15) is 19.2 Å². The van der Waals surface area contributed by atoms with Crippen molar-refractivity contribution in [2.45, 2.75) is 58.9 Å². The summed E-state index contributed by atoms with van der Waals surface area (Å²) in [6, 6.07) is 6.94. The number of amides is 2. The Morgan fingerprint density at radius 1 is 1.14 bits per heavy atom. The van der Waals surface area contributed by atoms with E-state index in [1.165, 1.54) is 4.57 Å². The lowest BCUT2D eigenvalue weighted by Crippen LogP contribution is -2.33. The highest BCUT2D eigenvalue weighted by Gasteiger charge is 2.29. The van der Waals surface area contributed by atoms with Gasteiger partial charge in [-0.3, -0.25) is 23.9 Å². The predicted molar refractivity (Wildman–Crippen MR) is 138 cm³/mol. The number of H-pyrrole nitrogens is 1. The Bertz CT molecular complexity index is 1480. The number of benzene rings is 1. The van der Waals surface area contributed by atoms with Crippen LogP contribution in [-0.2, 0) is 6.54 Å². The number of anilines is 1. The quantitative estimate of drug-likeness (QED) is 0.550. The van der Waals surface area contributed by atoms with Crippen molar-refractivity contribution in [1.82, 2.24) is 19.4 Å². The molecule has 2 N–H and O–H groups in total. The van der Waals surface area contributed by atoms with Gasteiger partial charge in [0.25, 0.3) is 17.4 Å². The molecule has 5 rings (SSSR count). The lowest BCUT2D eigenvalue weighted by Gasteiger charge is -2.19. The molecular formula is C27H31N5O4. The van der Waals surface area contributed by atoms with Gasteiger partial charge in [-0.05, 0) is 62.3 Å². The van der Waals surface area contributed by atoms with E-state index in [2.05, 4.69) is 15.3 Å². The van der Waals surface area contributed by atoms with E-state index in [0.717, 1.165) is 38.8 Å². The summed E-state index contributed by atoms with van der Waals surface area (Å²) in [5, 5.41) is 3.01. The molecule has 2 aliphatic rings. The highest BCUT2D eigenvalue weighted by Crippen LogP contribution is 2.40. The zero-order valence-corrected chi connectivity index (χ0v) is 20.9. The molecule has 3 heterocycles. The van der Waals surface area contributed by atoms with E-state index in [0.29, 0.717) is 29.1 Å². The van der Waals surface area contributed by atoms with Crippen LogP contribution in [0.5, 0.6) is 0 Å². The van der Waals surface area contributed by atoms with E-state index >= 15 is 0 Å². The maximum atomic E-state index is 13.6. The molecule has 3 aromatic rings. The number of aromatic amines is 1. The van der Waals surface area contributed by atoms with E-state index in [-0.39, 0.29) is 34.3 Å². The van der Waals surface area contributed by atoms with Gasteiger partial charge in [-0.15, -0.1) is 0 Å². The van der Waals surface area contributed by atoms with E-state index in [1.54, 1.807) is 24.3 Å². The van der Waals surface area contributed by atoms with Crippen molar-refractivity contribution in [2.75, 3.05) is 18.4 Å². The largest absolute Gasteiger partial charge is 0.339 e. The summed E-state index contributed by atoms with van der Waals surface area (Å²) in [5.74, 6) is -0.163. The van der Waals surface area contributed by atoms with Crippen LogP contribution in [0.1, 0.15) is 77.4 Å². The zero-order valence-electron chi connectivity index (χ0n) is 20.9. The first-order valence-electron chi connectivity index (χ1n) is 12.6. The number of hydrogen-bond donors (Lipinski definition) is 2. The first-order chi connectivity index (χ1) is 17.2. The summed E-state index contributed by atoms with van der Waals surface area (Å²) in [6.45, 7) is 7.60. The van der Waals surface area contributed by atoms with Crippen molar-refractivity contribution in [3.8, 4) is 0 Å². The van der Waals surface area contributed by atoms with Crippen LogP contribution >= 0.6 is 0 Å². The third kappa shape index (κ3) is 4.45. The maximum absolute atomic E-state index is 13.6. The number of aromatic nitrogens is 3. The average Bonchev–Trinajstić information content (AvgIpc) is 3.55. The molecule has 9 nitrogen and oxygen atoms in total. The van der Waals surface area contributed by atoms with Gasteiger partial charge in [0.05, 0.1) is 10.9 Å². The van der Waals surface area contributed by atoms with Crippen LogP contribution in [-0.4, -0.2) is 44.3 Å². The van der Waals surface area contributed by atoms with Gasteiger partial charge in [-0.25, -0.2) is 9.78 Å². The molecule has 0 unspecified atom stereocenters. The molecule has 9 heteroatoms. The molecule has 1 saturated heterocycles. The van der Waals surface area contributed by atoms with Crippen LogP contribution in [0.25, 0.3) is 11.0 Å². The Balaban J connectivity index is 1.58. The van der Waals surface area contributed by atoms with Gasteiger partial charge < -0.3 is 10.2 Å². The number of carbonyl (C=O) groups excluding carboxylic acids is 2. The highest BCUT2D eigenvalue weighted by atomic mass is 16.2. The van der Waals surface area contributed by atoms with Gasteiger partial charge in [0.1, 0.15) is 0 Å². The van der Waals surface area contributed by atoms with E-state index in [1.807, 2.05) is 25.7 Å². The normalized spacial score (nSPS) is 15.6. The molecular weight excluding hydrogens is 458 g/mol. The van der Waals surface area contributed by atoms with Gasteiger partial charge in [0.2, 0.25) is 0 Å². The second-order valence-corrected chi connectivity index (χ2v) is 10.3. The van der Waals surface area contributed by atoms with Crippen molar-refractivity contribution >= 4 is 28.5 Å². The number of rotatable bonds is 6. The number of fused-ring (bicyclic) bond motifs is 1. The number of carbonyl (C=O) groups is 2. The Morgan fingerprint density at radius 2 is 1.86 bits per heavy atom. The Labute approximate surface area is 208 Å². The molecule has 0 spiro atoms. The van der Waals surface area contributed by atoms with Crippen LogP contribution in [0, 0.1) is 12.8 Å². The van der Waals surface area contributed by atoms with Crippen LogP contribution in [0.4, 0.5) is 5.69 Å². The maximum Gasteiger partial charge on any atom is 0.330 e. The molecule has 1 saturated carbocycles. The fourth-order valence-electron chi connectivity index (χ4n) is 4.88. The lowest BCUT2D eigenvalue weighted by molar-refractivity contribution is 0.0791. The summed E-state index contributed by atoms with van der Waals surface area (Å²) in [6.07, 6.45) is 3.90. The number of likely N-dealkylation sites (tertiary alicyclic amines) is 1. The molecule has 1 aliphatic heterocycles. The average molecular weight is 490 g/mol. The summed E-state index contributed by atoms with van der Waals surface area (Å²) in [5.41, 5.74) is 1.70. The summed E-state index contributed by atoms with van der Waals surface area (Å²) < 4.78 is 1.45. The highest BCUT2D eigenvalue weighted by molar-refractivity contribution is 6.12. The zero-order chi connectivity index (χ0) is 25.6. The fraction of sp³-hybridized carbons (Fsp3) is 0.444. The third-order valence-corrected chi connectivity index (χ3v) is 6.96. The minimum Gasteiger partial charge on any atom is -0.339 e. The van der Waals surface area contributed by atoms with E-state index < -0.39 is 17.2 Å². The van der Waals surface area contributed by atoms with Crippen LogP contribution in [0.15, 0.2) is 33.9 Å². The van der Waals surface area contributed by atoms with Crippen LogP contribution in [0.2, 0.25) is 0 Å². The SMILES string of the molecule is Cc1c(NC(=O)c2cc(C3CC3)nc3c2c(=O)[nH]c(=O)n3CC(C)C)cccc1C(=O)N1CCCC1. The fourth-order valence-corrected chi connectivity index (χ4v) is 4.88. The summed E-state index contributed by atoms with van der Waals surface area (Å²) in [7, 11) is 0. The first-order valence-corrected chi connectivity index (χ1v) is 12.6. The van der Waals surface area contributed by atoms with Crippen molar-refractivity contribution in [1.29, 1.82) is 0 Å². The van der Waals surface area contributed by atoms with Gasteiger partial charge in [0.15, 0.2) is 5.65 Å². The van der Waals surface area contributed by atoms with E-state index in [4.69, 9.17) is 0 Å². The number of hydrogen-bond acceptors (Lipinski definition) is 5. The van der Waals surface area contributed by atoms with Crippen molar-refractivity contribution in [3.05, 3.63) is 67.5 Å². The lowest BCUT2D eigenvalue weighted by atomic mass is 10.0. The molecule has 1 aliphatic carbocycles. The molecule has 36 heavy (non-hydrogen) atoms. The second kappa shape index (κ2) is 9.37. The molecule has 0 bridgehead atoms. The molecule has 2 aromatic heterocycles. The van der Waals surface area contributed by atoms with Gasteiger partial charge in [-0.2, -0.15) is 0 Å². The molecule has 2 amide bonds. The minimum atomic E-state index is -0.635. The first kappa shape index (κ1) is 24.0. The smallest absolute Gasteiger partial charge is 0.330 e.